The number of quaternary nitrogens is 1. The highest BCUT2D eigenvalue weighted by atomic mass is 32.2. The number of thioether (sulfide) groups is 1. The number of hydrogen-bond acceptors (Lipinski definition) is 2. The quantitative estimate of drug-likeness (QED) is 0.529. The third-order valence-electron chi connectivity index (χ3n) is 0.885. The molecule has 3 N–H and O–H groups in total. The van der Waals surface area contributed by atoms with Gasteiger partial charge in [-0.15, -0.1) is 0 Å². The first-order valence-corrected chi connectivity index (χ1v) is 3.98. The van der Waals surface area contributed by atoms with Gasteiger partial charge in [-0.25, -0.2) is 0 Å². The van der Waals surface area contributed by atoms with Crippen LogP contribution >= 0.6 is 11.8 Å². The summed E-state index contributed by atoms with van der Waals surface area (Å²) in [5, 5.41) is 0. The Morgan fingerprint density at radius 3 is 2.88 bits per heavy atom. The van der Waals surface area contributed by atoms with Crippen LogP contribution in [0.25, 0.3) is 0 Å². The SMILES string of the molecule is CSCC[C@H]([NH3+])C=O. The van der Waals surface area contributed by atoms with Gasteiger partial charge in [-0.05, 0) is 12.0 Å². The van der Waals surface area contributed by atoms with Gasteiger partial charge in [-0.2, -0.15) is 11.8 Å². The van der Waals surface area contributed by atoms with Crippen LogP contribution in [0, 0.1) is 0 Å². The van der Waals surface area contributed by atoms with Gasteiger partial charge in [0.1, 0.15) is 6.04 Å². The minimum atomic E-state index is 0.00227. The van der Waals surface area contributed by atoms with Gasteiger partial charge in [0.05, 0.1) is 0 Å². The van der Waals surface area contributed by atoms with Crippen LogP contribution in [-0.2, 0) is 4.79 Å². The van der Waals surface area contributed by atoms with Gasteiger partial charge in [0.25, 0.3) is 0 Å². The smallest absolute Gasteiger partial charge is 0.177 e. The van der Waals surface area contributed by atoms with Crippen LogP contribution in [-0.4, -0.2) is 24.3 Å². The van der Waals surface area contributed by atoms with Crippen molar-refractivity contribution < 1.29 is 10.5 Å². The van der Waals surface area contributed by atoms with Crippen LogP contribution in [0.4, 0.5) is 0 Å². The molecule has 0 bridgehead atoms. The van der Waals surface area contributed by atoms with Crippen LogP contribution in [0.3, 0.4) is 0 Å². The Balaban J connectivity index is 2.98. The second kappa shape index (κ2) is 5.12. The molecule has 1 atom stereocenters. The third kappa shape index (κ3) is 4.15. The lowest BCUT2D eigenvalue weighted by atomic mass is 10.3. The summed E-state index contributed by atoms with van der Waals surface area (Å²) >= 11 is 1.75. The summed E-state index contributed by atoms with van der Waals surface area (Å²) in [6.07, 6.45) is 3.83. The van der Waals surface area contributed by atoms with E-state index in [4.69, 9.17) is 0 Å². The van der Waals surface area contributed by atoms with Gasteiger partial charge in [0, 0.05) is 6.42 Å². The summed E-state index contributed by atoms with van der Waals surface area (Å²) in [6, 6.07) is 0.00227. The van der Waals surface area contributed by atoms with Crippen molar-refractivity contribution in [3.63, 3.8) is 0 Å². The Labute approximate surface area is 53.8 Å². The summed E-state index contributed by atoms with van der Waals surface area (Å²) in [6.45, 7) is 0. The number of aldehydes is 1. The van der Waals surface area contributed by atoms with Crippen LogP contribution in [0.2, 0.25) is 0 Å². The van der Waals surface area contributed by atoms with Gasteiger partial charge in [-0.1, -0.05) is 0 Å². The van der Waals surface area contributed by atoms with Crippen LogP contribution in [0.15, 0.2) is 0 Å². The van der Waals surface area contributed by atoms with E-state index in [9.17, 15) is 4.79 Å². The van der Waals surface area contributed by atoms with E-state index in [0.29, 0.717) is 0 Å². The first kappa shape index (κ1) is 7.98. The van der Waals surface area contributed by atoms with Gasteiger partial charge in [0.2, 0.25) is 0 Å². The number of hydrogen-bond donors (Lipinski definition) is 1. The van der Waals surface area contributed by atoms with Crippen molar-refractivity contribution in [3.05, 3.63) is 0 Å². The third-order valence-corrected chi connectivity index (χ3v) is 1.53. The molecule has 0 unspecified atom stereocenters. The van der Waals surface area contributed by atoms with Crippen molar-refractivity contribution in [2.45, 2.75) is 12.5 Å². The van der Waals surface area contributed by atoms with Crippen molar-refractivity contribution in [2.24, 2.45) is 0 Å². The fourth-order valence-electron chi connectivity index (χ4n) is 0.337. The van der Waals surface area contributed by atoms with E-state index in [1.807, 2.05) is 6.26 Å². The molecule has 0 aromatic carbocycles. The van der Waals surface area contributed by atoms with Gasteiger partial charge >= 0.3 is 0 Å². The standard InChI is InChI=1S/C5H11NOS/c1-8-3-2-5(6)4-7/h4-5H,2-3,6H2,1H3/p+1/t5-/m0/s1. The molecule has 0 saturated carbocycles. The average molecular weight is 134 g/mol. The van der Waals surface area contributed by atoms with Gasteiger partial charge < -0.3 is 5.73 Å². The maximum Gasteiger partial charge on any atom is 0.177 e. The molecule has 0 heterocycles. The predicted octanol–water partition coefficient (Wildman–Crippen LogP) is -0.451. The molecule has 8 heavy (non-hydrogen) atoms. The Morgan fingerprint density at radius 1 is 1.88 bits per heavy atom. The lowest BCUT2D eigenvalue weighted by Gasteiger charge is -1.95. The largest absolute Gasteiger partial charge is 0.349 e. The van der Waals surface area contributed by atoms with E-state index in [1.54, 1.807) is 11.8 Å². The van der Waals surface area contributed by atoms with Crippen molar-refractivity contribution in [3.8, 4) is 0 Å². The van der Waals surface area contributed by atoms with Crippen molar-refractivity contribution in [1.82, 2.24) is 0 Å². The van der Waals surface area contributed by atoms with Crippen molar-refractivity contribution in [1.29, 1.82) is 0 Å². The molecule has 0 aliphatic heterocycles. The van der Waals surface area contributed by atoms with Crippen LogP contribution in [0.5, 0.6) is 0 Å². The molecule has 0 aromatic heterocycles. The maximum atomic E-state index is 9.94. The summed E-state index contributed by atoms with van der Waals surface area (Å²) < 4.78 is 0. The molecule has 0 aliphatic rings. The zero-order valence-electron chi connectivity index (χ0n) is 5.09. The monoisotopic (exact) mass is 134 g/mol. The summed E-state index contributed by atoms with van der Waals surface area (Å²) in [5.41, 5.74) is 3.61. The van der Waals surface area contributed by atoms with Gasteiger partial charge in [0.15, 0.2) is 6.29 Å². The zero-order valence-corrected chi connectivity index (χ0v) is 5.91. The highest BCUT2D eigenvalue weighted by molar-refractivity contribution is 7.98. The molecule has 0 aliphatic carbocycles. The fourth-order valence-corrected chi connectivity index (χ4v) is 0.876. The average Bonchev–Trinajstić information content (AvgIpc) is 1.83. The molecule has 3 heteroatoms. The number of carbonyl (C=O) groups excluding carboxylic acids is 1. The van der Waals surface area contributed by atoms with E-state index in [-0.39, 0.29) is 6.04 Å². The molecular formula is C5H12NOS+. The first-order valence-electron chi connectivity index (χ1n) is 2.58. The summed E-state index contributed by atoms with van der Waals surface area (Å²) in [4.78, 5) is 9.94. The molecular weight excluding hydrogens is 122 g/mol. The van der Waals surface area contributed by atoms with Crippen molar-refractivity contribution >= 4 is 18.0 Å². The number of rotatable bonds is 4. The lowest BCUT2D eigenvalue weighted by Crippen LogP contribution is -2.61. The minimum absolute atomic E-state index is 0.00227. The molecule has 2 nitrogen and oxygen atoms in total. The molecule has 0 fully saturated rings. The second-order valence-corrected chi connectivity index (χ2v) is 2.66. The van der Waals surface area contributed by atoms with E-state index in [2.05, 4.69) is 5.73 Å². The Morgan fingerprint density at radius 2 is 2.50 bits per heavy atom. The first-order chi connectivity index (χ1) is 3.81. The molecule has 0 amide bonds. The fraction of sp³-hybridized carbons (Fsp3) is 0.800. The Kier molecular flexibility index (Phi) is 5.11. The molecule has 48 valence electrons. The van der Waals surface area contributed by atoms with E-state index >= 15 is 0 Å². The second-order valence-electron chi connectivity index (χ2n) is 1.68. The van der Waals surface area contributed by atoms with Crippen LogP contribution in [0.1, 0.15) is 6.42 Å². The Bertz CT molecular complexity index is 67.4. The van der Waals surface area contributed by atoms with Gasteiger partial charge in [-0.3, -0.25) is 4.79 Å². The minimum Gasteiger partial charge on any atom is -0.349 e. The molecule has 0 aromatic rings. The highest BCUT2D eigenvalue weighted by Gasteiger charge is 1.99. The molecule has 0 radical (unpaired) electrons. The molecule has 0 spiro atoms. The zero-order chi connectivity index (χ0) is 6.41. The number of carbonyl (C=O) groups is 1. The lowest BCUT2D eigenvalue weighted by molar-refractivity contribution is -0.400. The highest BCUT2D eigenvalue weighted by Crippen LogP contribution is 1.94. The van der Waals surface area contributed by atoms with E-state index < -0.39 is 0 Å². The predicted molar refractivity (Wildman–Crippen MR) is 35.7 cm³/mol. The summed E-state index contributed by atoms with van der Waals surface area (Å²) in [5.74, 6) is 1.03. The molecule has 0 saturated heterocycles. The van der Waals surface area contributed by atoms with Crippen LogP contribution < -0.4 is 5.73 Å². The van der Waals surface area contributed by atoms with E-state index in [0.717, 1.165) is 18.5 Å². The van der Waals surface area contributed by atoms with E-state index in [1.165, 1.54) is 0 Å². The normalized spacial score (nSPS) is 13.2. The topological polar surface area (TPSA) is 44.7 Å². The Hall–Kier alpha value is -0.0200. The maximum absolute atomic E-state index is 9.94. The molecule has 0 rings (SSSR count). The van der Waals surface area contributed by atoms with Crippen molar-refractivity contribution in [2.75, 3.05) is 12.0 Å². The summed E-state index contributed by atoms with van der Waals surface area (Å²) in [7, 11) is 0.